The summed E-state index contributed by atoms with van der Waals surface area (Å²) in [5.74, 6) is 2.94. The Kier molecular flexibility index (Phi) is 5.41. The Morgan fingerprint density at radius 1 is 0.920 bits per heavy atom. The fourth-order valence-electron chi connectivity index (χ4n) is 3.43. The van der Waals surface area contributed by atoms with Crippen molar-refractivity contribution in [2.24, 2.45) is 0 Å². The Balaban J connectivity index is 1.72. The molecule has 1 aromatic heterocycles. The molecule has 0 spiro atoms. The molecule has 2 aromatic rings. The highest BCUT2D eigenvalue weighted by Gasteiger charge is 2.20. The lowest BCUT2D eigenvalue weighted by molar-refractivity contribution is 0.645. The number of aryl methyl sites for hydroxylation is 2. The van der Waals surface area contributed by atoms with Crippen molar-refractivity contribution in [1.29, 1.82) is 0 Å². The normalized spacial score (nSPS) is 14.7. The van der Waals surface area contributed by atoms with Crippen LogP contribution in [-0.4, -0.2) is 49.2 Å². The molecule has 2 heterocycles. The lowest BCUT2D eigenvalue weighted by Crippen LogP contribution is -2.47. The van der Waals surface area contributed by atoms with Gasteiger partial charge in [-0.2, -0.15) is 0 Å². The van der Waals surface area contributed by atoms with Crippen LogP contribution in [0.3, 0.4) is 0 Å². The minimum Gasteiger partial charge on any atom is -0.368 e. The molecule has 1 fully saturated rings. The number of anilines is 3. The molecule has 3 rings (SSSR count). The van der Waals surface area contributed by atoms with E-state index in [1.165, 1.54) is 11.3 Å². The molecule has 0 saturated carbocycles. The largest absolute Gasteiger partial charge is 0.368 e. The van der Waals surface area contributed by atoms with Crippen molar-refractivity contribution in [3.05, 3.63) is 41.7 Å². The Bertz CT molecular complexity index is 703. The molecular formula is C20H29N5. The van der Waals surface area contributed by atoms with Crippen molar-refractivity contribution in [2.45, 2.75) is 27.7 Å². The molecule has 0 N–H and O–H groups in total. The van der Waals surface area contributed by atoms with E-state index in [4.69, 9.17) is 4.98 Å². The van der Waals surface area contributed by atoms with Gasteiger partial charge in [-0.25, -0.2) is 9.97 Å². The SMILES string of the molecule is CCN(CC)c1cc(N2CCN(c3cccc(C)c3)CC2)nc(C)n1. The average molecular weight is 339 g/mol. The van der Waals surface area contributed by atoms with Crippen LogP contribution in [0.15, 0.2) is 30.3 Å². The number of hydrogen-bond donors (Lipinski definition) is 0. The fraction of sp³-hybridized carbons (Fsp3) is 0.500. The molecule has 5 nitrogen and oxygen atoms in total. The van der Waals surface area contributed by atoms with Gasteiger partial charge >= 0.3 is 0 Å². The van der Waals surface area contributed by atoms with Crippen molar-refractivity contribution in [3.63, 3.8) is 0 Å². The first-order valence-corrected chi connectivity index (χ1v) is 9.28. The summed E-state index contributed by atoms with van der Waals surface area (Å²) in [7, 11) is 0. The van der Waals surface area contributed by atoms with E-state index in [2.05, 4.69) is 70.8 Å². The van der Waals surface area contributed by atoms with Crippen LogP contribution in [0, 0.1) is 13.8 Å². The molecule has 0 atom stereocenters. The summed E-state index contributed by atoms with van der Waals surface area (Å²) < 4.78 is 0. The smallest absolute Gasteiger partial charge is 0.134 e. The van der Waals surface area contributed by atoms with Gasteiger partial charge in [0.05, 0.1) is 0 Å². The van der Waals surface area contributed by atoms with E-state index in [1.807, 2.05) is 6.92 Å². The van der Waals surface area contributed by atoms with Crippen LogP contribution in [0.1, 0.15) is 25.2 Å². The zero-order valence-electron chi connectivity index (χ0n) is 15.9. The Morgan fingerprint density at radius 3 is 2.24 bits per heavy atom. The quantitative estimate of drug-likeness (QED) is 0.835. The topological polar surface area (TPSA) is 35.5 Å². The molecule has 5 heteroatoms. The van der Waals surface area contributed by atoms with Gasteiger partial charge < -0.3 is 14.7 Å². The predicted molar refractivity (Wildman–Crippen MR) is 106 cm³/mol. The molecule has 25 heavy (non-hydrogen) atoms. The van der Waals surface area contributed by atoms with Crippen LogP contribution < -0.4 is 14.7 Å². The van der Waals surface area contributed by atoms with E-state index < -0.39 is 0 Å². The predicted octanol–water partition coefficient (Wildman–Crippen LogP) is 3.27. The maximum absolute atomic E-state index is 4.69. The average Bonchev–Trinajstić information content (AvgIpc) is 2.62. The molecule has 1 aliphatic rings. The summed E-state index contributed by atoms with van der Waals surface area (Å²) in [5, 5.41) is 0. The number of hydrogen-bond acceptors (Lipinski definition) is 5. The second-order valence-corrected chi connectivity index (χ2v) is 6.62. The Morgan fingerprint density at radius 2 is 1.60 bits per heavy atom. The van der Waals surface area contributed by atoms with Crippen molar-refractivity contribution < 1.29 is 0 Å². The Hall–Kier alpha value is -2.30. The van der Waals surface area contributed by atoms with Crippen LogP contribution in [0.25, 0.3) is 0 Å². The molecular weight excluding hydrogens is 310 g/mol. The summed E-state index contributed by atoms with van der Waals surface area (Å²) in [6.45, 7) is 14.4. The summed E-state index contributed by atoms with van der Waals surface area (Å²) in [6.07, 6.45) is 0. The third-order valence-electron chi connectivity index (χ3n) is 4.87. The summed E-state index contributed by atoms with van der Waals surface area (Å²) in [6, 6.07) is 10.9. The molecule has 1 saturated heterocycles. The number of rotatable bonds is 5. The van der Waals surface area contributed by atoms with E-state index in [0.717, 1.165) is 56.7 Å². The van der Waals surface area contributed by atoms with Crippen LogP contribution in [0.4, 0.5) is 17.3 Å². The summed E-state index contributed by atoms with van der Waals surface area (Å²) >= 11 is 0. The maximum atomic E-state index is 4.69. The highest BCUT2D eigenvalue weighted by atomic mass is 15.3. The molecule has 0 amide bonds. The highest BCUT2D eigenvalue weighted by Crippen LogP contribution is 2.23. The standard InChI is InChI=1S/C20H29N5/c1-5-23(6-2)19-15-20(22-17(4)21-19)25-12-10-24(11-13-25)18-9-7-8-16(3)14-18/h7-9,14-15H,5-6,10-13H2,1-4H3. The van der Waals surface area contributed by atoms with Gasteiger partial charge in [-0.3, -0.25) is 0 Å². The van der Waals surface area contributed by atoms with E-state index in [0.29, 0.717) is 0 Å². The fourth-order valence-corrected chi connectivity index (χ4v) is 3.43. The first-order valence-electron chi connectivity index (χ1n) is 9.28. The van der Waals surface area contributed by atoms with Gasteiger partial charge in [0.1, 0.15) is 17.5 Å². The third kappa shape index (κ3) is 4.03. The first kappa shape index (κ1) is 17.5. The third-order valence-corrected chi connectivity index (χ3v) is 4.87. The van der Waals surface area contributed by atoms with E-state index in [1.54, 1.807) is 0 Å². The lowest BCUT2D eigenvalue weighted by atomic mass is 10.2. The molecule has 0 unspecified atom stereocenters. The van der Waals surface area contributed by atoms with Crippen molar-refractivity contribution in [3.8, 4) is 0 Å². The molecule has 1 aromatic carbocycles. The molecule has 0 radical (unpaired) electrons. The van der Waals surface area contributed by atoms with Gasteiger partial charge in [0, 0.05) is 51.0 Å². The van der Waals surface area contributed by atoms with Crippen molar-refractivity contribution in [1.82, 2.24) is 9.97 Å². The minimum absolute atomic E-state index is 0.848. The highest BCUT2D eigenvalue weighted by molar-refractivity contribution is 5.54. The number of nitrogens with zero attached hydrogens (tertiary/aromatic N) is 5. The van der Waals surface area contributed by atoms with Gasteiger partial charge in [-0.1, -0.05) is 12.1 Å². The Labute approximate surface area is 151 Å². The first-order chi connectivity index (χ1) is 12.1. The number of benzene rings is 1. The van der Waals surface area contributed by atoms with Gasteiger partial charge in [0.25, 0.3) is 0 Å². The van der Waals surface area contributed by atoms with E-state index >= 15 is 0 Å². The zero-order valence-corrected chi connectivity index (χ0v) is 15.9. The van der Waals surface area contributed by atoms with Crippen LogP contribution >= 0.6 is 0 Å². The number of aromatic nitrogens is 2. The van der Waals surface area contributed by atoms with Crippen LogP contribution in [0.2, 0.25) is 0 Å². The molecule has 134 valence electrons. The van der Waals surface area contributed by atoms with Crippen molar-refractivity contribution >= 4 is 17.3 Å². The molecule has 0 aliphatic carbocycles. The van der Waals surface area contributed by atoms with Crippen LogP contribution in [0.5, 0.6) is 0 Å². The van der Waals surface area contributed by atoms with E-state index in [-0.39, 0.29) is 0 Å². The number of piperazine rings is 1. The van der Waals surface area contributed by atoms with Gasteiger partial charge in [0.15, 0.2) is 0 Å². The second kappa shape index (κ2) is 7.72. The minimum atomic E-state index is 0.848. The molecule has 1 aliphatic heterocycles. The van der Waals surface area contributed by atoms with Crippen molar-refractivity contribution in [2.75, 3.05) is 54.0 Å². The van der Waals surface area contributed by atoms with Gasteiger partial charge in [-0.05, 0) is 45.4 Å². The lowest BCUT2D eigenvalue weighted by Gasteiger charge is -2.37. The summed E-state index contributed by atoms with van der Waals surface area (Å²) in [5.41, 5.74) is 2.64. The summed E-state index contributed by atoms with van der Waals surface area (Å²) in [4.78, 5) is 16.4. The van der Waals surface area contributed by atoms with Crippen LogP contribution in [-0.2, 0) is 0 Å². The zero-order chi connectivity index (χ0) is 17.8. The van der Waals surface area contributed by atoms with Gasteiger partial charge in [0.2, 0.25) is 0 Å². The molecule has 0 bridgehead atoms. The maximum Gasteiger partial charge on any atom is 0.134 e. The van der Waals surface area contributed by atoms with E-state index in [9.17, 15) is 0 Å². The monoisotopic (exact) mass is 339 g/mol. The second-order valence-electron chi connectivity index (χ2n) is 6.62. The van der Waals surface area contributed by atoms with Gasteiger partial charge in [-0.15, -0.1) is 0 Å².